The fourth-order valence-corrected chi connectivity index (χ4v) is 2.85. The summed E-state index contributed by atoms with van der Waals surface area (Å²) in [5.74, 6) is 0.203. The second-order valence-electron chi connectivity index (χ2n) is 3.75. The van der Waals surface area contributed by atoms with Crippen LogP contribution in [0.4, 0.5) is 0 Å². The molecule has 3 rings (SSSR count). The van der Waals surface area contributed by atoms with Gasteiger partial charge in [0.25, 0.3) is 5.56 Å². The molecule has 0 radical (unpaired) electrons. The Balaban J connectivity index is 2.35. The molecule has 0 bridgehead atoms. The van der Waals surface area contributed by atoms with Crippen molar-refractivity contribution in [3.05, 3.63) is 52.3 Å². The zero-order valence-electron chi connectivity index (χ0n) is 8.81. The second kappa shape index (κ2) is 3.75. The Kier molecular flexibility index (Phi) is 2.23. The van der Waals surface area contributed by atoms with Crippen LogP contribution in [-0.2, 0) is 0 Å². The molecule has 3 nitrogen and oxygen atoms in total. The highest BCUT2D eigenvalue weighted by Gasteiger charge is 2.09. The van der Waals surface area contributed by atoms with Crippen molar-refractivity contribution in [2.45, 2.75) is 0 Å². The van der Waals surface area contributed by atoms with Crippen LogP contribution in [0.15, 0.2) is 46.7 Å². The fourth-order valence-electron chi connectivity index (χ4n) is 1.88. The van der Waals surface area contributed by atoms with E-state index in [0.717, 1.165) is 15.8 Å². The normalized spacial score (nSPS) is 10.8. The number of nitrogens with one attached hydrogen (secondary N) is 1. The second-order valence-corrected chi connectivity index (χ2v) is 4.66. The fraction of sp³-hybridized carbons (Fsp3) is 0. The van der Waals surface area contributed by atoms with Crippen molar-refractivity contribution < 1.29 is 5.11 Å². The van der Waals surface area contributed by atoms with Gasteiger partial charge in [0.2, 0.25) is 0 Å². The van der Waals surface area contributed by atoms with Crippen molar-refractivity contribution in [1.29, 1.82) is 0 Å². The highest BCUT2D eigenvalue weighted by Crippen LogP contribution is 2.32. The van der Waals surface area contributed by atoms with Gasteiger partial charge in [0.05, 0.1) is 5.39 Å². The summed E-state index contributed by atoms with van der Waals surface area (Å²) in [4.78, 5) is 14.5. The van der Waals surface area contributed by atoms with Crippen molar-refractivity contribution in [1.82, 2.24) is 4.98 Å². The maximum Gasteiger partial charge on any atom is 0.257 e. The summed E-state index contributed by atoms with van der Waals surface area (Å²) in [5.41, 5.74) is 1.62. The number of phenolic OH excluding ortho intramolecular Hbond substituents is 1. The molecule has 1 aromatic carbocycles. The Bertz CT molecular complexity index is 742. The van der Waals surface area contributed by atoms with Crippen LogP contribution in [0.1, 0.15) is 0 Å². The highest BCUT2D eigenvalue weighted by atomic mass is 32.1. The first-order valence-corrected chi connectivity index (χ1v) is 6.02. The van der Waals surface area contributed by atoms with Crippen LogP contribution in [0.2, 0.25) is 0 Å². The molecule has 0 fully saturated rings. The Morgan fingerprint density at radius 3 is 2.94 bits per heavy atom. The Labute approximate surface area is 101 Å². The first-order chi connectivity index (χ1) is 8.25. The molecule has 3 aromatic rings. The van der Waals surface area contributed by atoms with E-state index in [2.05, 4.69) is 4.98 Å². The van der Waals surface area contributed by atoms with Crippen molar-refractivity contribution in [3.63, 3.8) is 0 Å². The lowest BCUT2D eigenvalue weighted by atomic mass is 10.1. The Morgan fingerprint density at radius 2 is 2.12 bits per heavy atom. The van der Waals surface area contributed by atoms with Crippen LogP contribution in [0.3, 0.4) is 0 Å². The topological polar surface area (TPSA) is 53.1 Å². The van der Waals surface area contributed by atoms with E-state index >= 15 is 0 Å². The van der Waals surface area contributed by atoms with Gasteiger partial charge in [-0.2, -0.15) is 0 Å². The number of pyridine rings is 1. The standard InChI is InChI=1S/C13H9NO2S/c15-9-3-1-2-8(6-9)10-7-17-11-4-5-14-13(16)12(10)11/h1-7,15H,(H,14,16). The number of rotatable bonds is 1. The zero-order chi connectivity index (χ0) is 11.8. The van der Waals surface area contributed by atoms with Gasteiger partial charge in [0, 0.05) is 21.8 Å². The third-order valence-corrected chi connectivity index (χ3v) is 3.60. The summed E-state index contributed by atoms with van der Waals surface area (Å²) in [6, 6.07) is 8.81. The molecule has 0 aliphatic rings. The van der Waals surface area contributed by atoms with Gasteiger partial charge in [-0.1, -0.05) is 12.1 Å². The number of benzene rings is 1. The maximum atomic E-state index is 11.8. The number of aromatic hydroxyl groups is 1. The summed E-state index contributed by atoms with van der Waals surface area (Å²) in [6.45, 7) is 0. The van der Waals surface area contributed by atoms with E-state index in [0.29, 0.717) is 5.39 Å². The number of fused-ring (bicyclic) bond motifs is 1. The molecule has 2 N–H and O–H groups in total. The monoisotopic (exact) mass is 243 g/mol. The van der Waals surface area contributed by atoms with Crippen LogP contribution in [0, 0.1) is 0 Å². The molecule has 0 aliphatic heterocycles. The molecule has 0 saturated heterocycles. The minimum Gasteiger partial charge on any atom is -0.508 e. The smallest absolute Gasteiger partial charge is 0.257 e. The third kappa shape index (κ3) is 1.62. The van der Waals surface area contributed by atoms with E-state index in [1.165, 1.54) is 11.3 Å². The molecule has 2 aromatic heterocycles. The summed E-state index contributed by atoms with van der Waals surface area (Å²) in [5, 5.41) is 12.1. The predicted molar refractivity (Wildman–Crippen MR) is 69.5 cm³/mol. The van der Waals surface area contributed by atoms with Crippen molar-refractivity contribution in [3.8, 4) is 16.9 Å². The largest absolute Gasteiger partial charge is 0.508 e. The number of phenols is 1. The average Bonchev–Trinajstić information content (AvgIpc) is 2.74. The van der Waals surface area contributed by atoms with Crippen LogP contribution in [0.25, 0.3) is 21.2 Å². The molecule has 0 saturated carbocycles. The van der Waals surface area contributed by atoms with Crippen molar-refractivity contribution in [2.75, 3.05) is 0 Å². The number of hydrogen-bond acceptors (Lipinski definition) is 3. The lowest BCUT2D eigenvalue weighted by Crippen LogP contribution is -2.03. The first-order valence-electron chi connectivity index (χ1n) is 5.14. The molecule has 0 atom stereocenters. The van der Waals surface area contributed by atoms with Crippen LogP contribution in [0.5, 0.6) is 5.75 Å². The minimum absolute atomic E-state index is 0.0953. The van der Waals surface area contributed by atoms with E-state index in [-0.39, 0.29) is 11.3 Å². The number of thiophene rings is 1. The van der Waals surface area contributed by atoms with E-state index in [9.17, 15) is 9.90 Å². The van der Waals surface area contributed by atoms with E-state index < -0.39 is 0 Å². The molecule has 4 heteroatoms. The molecule has 84 valence electrons. The molecule has 0 amide bonds. The Morgan fingerprint density at radius 1 is 1.24 bits per heavy atom. The first kappa shape index (κ1) is 10.1. The van der Waals surface area contributed by atoms with Gasteiger partial charge in [-0.25, -0.2) is 0 Å². The third-order valence-electron chi connectivity index (χ3n) is 2.65. The van der Waals surface area contributed by atoms with E-state index in [4.69, 9.17) is 0 Å². The van der Waals surface area contributed by atoms with E-state index in [1.54, 1.807) is 24.4 Å². The van der Waals surface area contributed by atoms with Gasteiger partial charge in [-0.15, -0.1) is 11.3 Å². The van der Waals surface area contributed by atoms with Crippen molar-refractivity contribution in [2.24, 2.45) is 0 Å². The molecule has 0 aliphatic carbocycles. The molecule has 0 unspecified atom stereocenters. The zero-order valence-corrected chi connectivity index (χ0v) is 9.62. The van der Waals surface area contributed by atoms with Gasteiger partial charge < -0.3 is 10.1 Å². The van der Waals surface area contributed by atoms with Gasteiger partial charge in [0.15, 0.2) is 0 Å². The summed E-state index contributed by atoms with van der Waals surface area (Å²) in [7, 11) is 0. The summed E-state index contributed by atoms with van der Waals surface area (Å²) >= 11 is 1.53. The lowest BCUT2D eigenvalue weighted by molar-refractivity contribution is 0.475. The maximum absolute atomic E-state index is 11.8. The summed E-state index contributed by atoms with van der Waals surface area (Å²) < 4.78 is 0.951. The van der Waals surface area contributed by atoms with Gasteiger partial charge in [-0.05, 0) is 23.8 Å². The quantitative estimate of drug-likeness (QED) is 0.690. The van der Waals surface area contributed by atoms with Gasteiger partial charge in [-0.3, -0.25) is 4.79 Å². The molecule has 2 heterocycles. The van der Waals surface area contributed by atoms with E-state index in [1.807, 2.05) is 17.5 Å². The van der Waals surface area contributed by atoms with Crippen LogP contribution < -0.4 is 5.56 Å². The number of H-pyrrole nitrogens is 1. The molecule has 0 spiro atoms. The number of aromatic nitrogens is 1. The van der Waals surface area contributed by atoms with Crippen molar-refractivity contribution >= 4 is 21.4 Å². The highest BCUT2D eigenvalue weighted by molar-refractivity contribution is 7.17. The summed E-state index contributed by atoms with van der Waals surface area (Å²) in [6.07, 6.45) is 1.65. The van der Waals surface area contributed by atoms with Crippen LogP contribution >= 0.6 is 11.3 Å². The minimum atomic E-state index is -0.0953. The van der Waals surface area contributed by atoms with Gasteiger partial charge in [0.1, 0.15) is 5.75 Å². The lowest BCUT2D eigenvalue weighted by Gasteiger charge is -1.99. The SMILES string of the molecule is O=c1[nH]ccc2scc(-c3cccc(O)c3)c12. The Hall–Kier alpha value is -2.07. The van der Waals surface area contributed by atoms with Crippen LogP contribution in [-0.4, -0.2) is 10.1 Å². The van der Waals surface area contributed by atoms with Gasteiger partial charge >= 0.3 is 0 Å². The molecular weight excluding hydrogens is 234 g/mol. The molecular formula is C13H9NO2S. The predicted octanol–water partition coefficient (Wildman–Crippen LogP) is 2.96. The number of aromatic amines is 1. The number of hydrogen-bond donors (Lipinski definition) is 2. The average molecular weight is 243 g/mol. The molecule has 17 heavy (non-hydrogen) atoms.